The van der Waals surface area contributed by atoms with Gasteiger partial charge in [0.2, 0.25) is 0 Å². The molecule has 1 aromatic rings. The highest BCUT2D eigenvalue weighted by Crippen LogP contribution is 2.41. The summed E-state index contributed by atoms with van der Waals surface area (Å²) in [7, 11) is 4.21. The fourth-order valence-corrected chi connectivity index (χ4v) is 2.70. The first-order valence-corrected chi connectivity index (χ1v) is 7.08. The van der Waals surface area contributed by atoms with Crippen molar-refractivity contribution in [3.8, 4) is 11.5 Å². The van der Waals surface area contributed by atoms with Crippen LogP contribution in [0.1, 0.15) is 18.5 Å². The summed E-state index contributed by atoms with van der Waals surface area (Å²) >= 11 is 6.11. The number of hydrogen-bond donors (Lipinski definition) is 2. The molecule has 0 aromatic heterocycles. The maximum absolute atomic E-state index is 12.1. The molecule has 0 fully saturated rings. The number of hydrogen-bond acceptors (Lipinski definition) is 5. The van der Waals surface area contributed by atoms with Crippen molar-refractivity contribution in [1.82, 2.24) is 10.6 Å². The monoisotopic (exact) mass is 340 g/mol. The maximum atomic E-state index is 12.1. The molecule has 0 bridgehead atoms. The zero-order valence-electron chi connectivity index (χ0n) is 13.2. The van der Waals surface area contributed by atoms with Gasteiger partial charge in [0.15, 0.2) is 11.5 Å². The Kier molecular flexibility index (Phi) is 5.00. The molecule has 1 heterocycles. The lowest BCUT2D eigenvalue weighted by atomic mass is 9.94. The number of rotatable bonds is 4. The molecule has 1 aliphatic heterocycles. The quantitative estimate of drug-likeness (QED) is 0.820. The Hall–Kier alpha value is -2.41. The molecule has 23 heavy (non-hydrogen) atoms. The van der Waals surface area contributed by atoms with Crippen LogP contribution in [0.15, 0.2) is 23.4 Å². The zero-order chi connectivity index (χ0) is 17.1. The van der Waals surface area contributed by atoms with Crippen molar-refractivity contribution in [1.29, 1.82) is 0 Å². The topological polar surface area (TPSA) is 85.9 Å². The molecule has 7 nitrogen and oxygen atoms in total. The summed E-state index contributed by atoms with van der Waals surface area (Å²) in [6.45, 7) is 1.62. The largest absolute Gasteiger partial charge is 0.493 e. The van der Waals surface area contributed by atoms with E-state index in [9.17, 15) is 9.59 Å². The Balaban J connectivity index is 2.67. The highest BCUT2D eigenvalue weighted by molar-refractivity contribution is 6.30. The number of amides is 2. The fourth-order valence-electron chi connectivity index (χ4n) is 2.48. The summed E-state index contributed by atoms with van der Waals surface area (Å²) in [5.74, 6) is 0.198. The minimum Gasteiger partial charge on any atom is -0.493 e. The second-order valence-corrected chi connectivity index (χ2v) is 5.23. The third-order valence-electron chi connectivity index (χ3n) is 3.46. The van der Waals surface area contributed by atoms with E-state index in [-0.39, 0.29) is 5.57 Å². The van der Waals surface area contributed by atoms with Gasteiger partial charge in [0.25, 0.3) is 0 Å². The minimum atomic E-state index is -0.779. The van der Waals surface area contributed by atoms with E-state index in [0.717, 1.165) is 0 Å². The summed E-state index contributed by atoms with van der Waals surface area (Å²) < 4.78 is 15.4. The Morgan fingerprint density at radius 3 is 2.48 bits per heavy atom. The number of nitrogens with one attached hydrogen (secondary N) is 2. The van der Waals surface area contributed by atoms with Crippen molar-refractivity contribution in [2.75, 3.05) is 21.3 Å². The number of carbonyl (C=O) groups excluding carboxylic acids is 2. The van der Waals surface area contributed by atoms with E-state index in [1.165, 1.54) is 21.3 Å². The van der Waals surface area contributed by atoms with E-state index in [2.05, 4.69) is 10.6 Å². The van der Waals surface area contributed by atoms with Crippen molar-refractivity contribution in [2.24, 2.45) is 0 Å². The van der Waals surface area contributed by atoms with E-state index in [1.54, 1.807) is 19.1 Å². The zero-order valence-corrected chi connectivity index (χ0v) is 13.9. The first-order valence-electron chi connectivity index (χ1n) is 6.71. The van der Waals surface area contributed by atoms with Gasteiger partial charge in [-0.2, -0.15) is 0 Å². The van der Waals surface area contributed by atoms with Crippen LogP contribution in [0, 0.1) is 0 Å². The van der Waals surface area contributed by atoms with Crippen LogP contribution in [0.5, 0.6) is 11.5 Å². The van der Waals surface area contributed by atoms with Crippen LogP contribution in [0.2, 0.25) is 5.02 Å². The molecule has 0 spiro atoms. The van der Waals surface area contributed by atoms with Crippen molar-refractivity contribution in [3.05, 3.63) is 34.0 Å². The smallest absolute Gasteiger partial charge is 0.337 e. The molecule has 8 heteroatoms. The van der Waals surface area contributed by atoms with Crippen LogP contribution in [0.3, 0.4) is 0 Å². The molecular weight excluding hydrogens is 324 g/mol. The van der Waals surface area contributed by atoms with Gasteiger partial charge in [-0.3, -0.25) is 0 Å². The van der Waals surface area contributed by atoms with Crippen molar-refractivity contribution in [3.63, 3.8) is 0 Å². The third-order valence-corrected chi connectivity index (χ3v) is 3.68. The number of esters is 1. The molecule has 1 aromatic carbocycles. The lowest BCUT2D eigenvalue weighted by Crippen LogP contribution is -2.45. The number of urea groups is 1. The van der Waals surface area contributed by atoms with Gasteiger partial charge >= 0.3 is 12.0 Å². The molecule has 124 valence electrons. The van der Waals surface area contributed by atoms with Gasteiger partial charge in [0, 0.05) is 22.3 Å². The fraction of sp³-hybridized carbons (Fsp3) is 0.333. The highest BCUT2D eigenvalue weighted by atomic mass is 35.5. The van der Waals surface area contributed by atoms with Gasteiger partial charge in [0.1, 0.15) is 0 Å². The summed E-state index contributed by atoms with van der Waals surface area (Å²) in [4.78, 5) is 24.0. The van der Waals surface area contributed by atoms with Gasteiger partial charge in [-0.15, -0.1) is 0 Å². The number of halogens is 1. The van der Waals surface area contributed by atoms with E-state index in [1.807, 2.05) is 0 Å². The van der Waals surface area contributed by atoms with Crippen LogP contribution in [-0.2, 0) is 9.53 Å². The molecule has 0 unspecified atom stereocenters. The lowest BCUT2D eigenvalue weighted by molar-refractivity contribution is -0.136. The van der Waals surface area contributed by atoms with E-state index >= 15 is 0 Å². The molecule has 2 amide bonds. The SMILES string of the molecule is COC(=O)C1=C(C)NC(=O)N[C@H]1c1cc(Cl)cc(OC)c1OC. The third kappa shape index (κ3) is 3.19. The summed E-state index contributed by atoms with van der Waals surface area (Å²) in [6, 6.07) is 1.97. The number of benzene rings is 1. The predicted octanol–water partition coefficient (Wildman–Crippen LogP) is 2.16. The molecule has 0 radical (unpaired) electrons. The molecule has 2 N–H and O–H groups in total. The maximum Gasteiger partial charge on any atom is 0.337 e. The van der Waals surface area contributed by atoms with Crippen LogP contribution in [0.4, 0.5) is 4.79 Å². The molecule has 0 saturated heterocycles. The normalized spacial score (nSPS) is 17.3. The van der Waals surface area contributed by atoms with E-state index in [0.29, 0.717) is 27.8 Å². The van der Waals surface area contributed by atoms with E-state index in [4.69, 9.17) is 25.8 Å². The Bertz CT molecular complexity index is 687. The number of methoxy groups -OCH3 is 3. The first-order chi connectivity index (χ1) is 10.9. The van der Waals surface area contributed by atoms with Crippen molar-refractivity contribution >= 4 is 23.6 Å². The second kappa shape index (κ2) is 6.78. The van der Waals surface area contributed by atoms with Gasteiger partial charge in [0.05, 0.1) is 32.9 Å². The number of allylic oxidation sites excluding steroid dienone is 1. The summed E-state index contributed by atoms with van der Waals surface area (Å²) in [6.07, 6.45) is 0. The second-order valence-electron chi connectivity index (χ2n) is 4.79. The first kappa shape index (κ1) is 17.0. The van der Waals surface area contributed by atoms with Gasteiger partial charge in [-0.05, 0) is 13.0 Å². The standard InChI is InChI=1S/C15H17ClN2O5/c1-7-11(14(19)23-4)12(18-15(20)17-7)9-5-8(16)6-10(21-2)13(9)22-3/h5-6,12H,1-4H3,(H2,17,18,20)/t12-/m0/s1. The van der Waals surface area contributed by atoms with Gasteiger partial charge in [-0.25, -0.2) is 9.59 Å². The predicted molar refractivity (Wildman–Crippen MR) is 83.7 cm³/mol. The molecular formula is C15H17ClN2O5. The van der Waals surface area contributed by atoms with Gasteiger partial charge < -0.3 is 24.8 Å². The Labute approximate surface area is 138 Å². The lowest BCUT2D eigenvalue weighted by Gasteiger charge is -2.29. The number of ether oxygens (including phenoxy) is 3. The molecule has 1 aliphatic rings. The summed E-state index contributed by atoms with van der Waals surface area (Å²) in [5.41, 5.74) is 1.15. The van der Waals surface area contributed by atoms with Gasteiger partial charge in [-0.1, -0.05) is 11.6 Å². The molecule has 2 rings (SSSR count). The Morgan fingerprint density at radius 2 is 1.91 bits per heavy atom. The van der Waals surface area contributed by atoms with E-state index < -0.39 is 18.0 Å². The minimum absolute atomic E-state index is 0.259. The van der Waals surface area contributed by atoms with Crippen LogP contribution in [0.25, 0.3) is 0 Å². The van der Waals surface area contributed by atoms with Crippen molar-refractivity contribution < 1.29 is 23.8 Å². The molecule has 0 saturated carbocycles. The highest BCUT2D eigenvalue weighted by Gasteiger charge is 2.34. The molecule has 0 aliphatic carbocycles. The molecule has 1 atom stereocenters. The summed E-state index contributed by atoms with van der Waals surface area (Å²) in [5, 5.41) is 5.61. The van der Waals surface area contributed by atoms with Crippen LogP contribution in [-0.4, -0.2) is 33.3 Å². The average molecular weight is 341 g/mol. The average Bonchev–Trinajstić information content (AvgIpc) is 2.52. The van der Waals surface area contributed by atoms with Crippen LogP contribution >= 0.6 is 11.6 Å². The Morgan fingerprint density at radius 1 is 1.22 bits per heavy atom. The van der Waals surface area contributed by atoms with Crippen molar-refractivity contribution in [2.45, 2.75) is 13.0 Å². The number of carbonyl (C=O) groups is 2. The van der Waals surface area contributed by atoms with Crippen LogP contribution < -0.4 is 20.1 Å².